The van der Waals surface area contributed by atoms with Crippen molar-refractivity contribution < 1.29 is 18.8 Å². The van der Waals surface area contributed by atoms with Crippen LogP contribution in [0.3, 0.4) is 0 Å². The molecule has 1 N–H and O–H groups in total. The largest absolute Gasteiger partial charge is 0.483 e. The maximum atomic E-state index is 13.9. The van der Waals surface area contributed by atoms with Crippen LogP contribution in [0.5, 0.6) is 5.75 Å². The van der Waals surface area contributed by atoms with Crippen molar-refractivity contribution in [3.63, 3.8) is 0 Å². The highest BCUT2D eigenvalue weighted by Crippen LogP contribution is 2.32. The van der Waals surface area contributed by atoms with Gasteiger partial charge in [-0.2, -0.15) is 9.78 Å². The predicted molar refractivity (Wildman–Crippen MR) is 156 cm³/mol. The van der Waals surface area contributed by atoms with Crippen molar-refractivity contribution >= 4 is 50.3 Å². The molecule has 1 fully saturated rings. The minimum Gasteiger partial charge on any atom is -0.483 e. The number of non-ortho nitro benzene ring substituents is 1. The SMILES string of the molecule is O=C(COc1ccc([N+](=O)[O-])cc1C=Nn1c(C2CCCCC2)nc2ccc(Br)cc2c1=O)Nc1ccccc1F. The molecular weight excluding hydrogens is 597 g/mol. The quantitative estimate of drug-likeness (QED) is 0.143. The molecule has 1 aliphatic rings. The molecule has 5 rings (SSSR count). The van der Waals surface area contributed by atoms with Crippen LogP contribution in [0.15, 0.2) is 75.0 Å². The van der Waals surface area contributed by atoms with Gasteiger partial charge >= 0.3 is 0 Å². The third-order valence-electron chi connectivity index (χ3n) is 6.83. The summed E-state index contributed by atoms with van der Waals surface area (Å²) in [7, 11) is 0. The second-order valence-electron chi connectivity index (χ2n) is 9.62. The van der Waals surface area contributed by atoms with Crippen molar-refractivity contribution in [1.29, 1.82) is 0 Å². The molecule has 1 amide bonds. The minimum absolute atomic E-state index is 0.00311. The van der Waals surface area contributed by atoms with E-state index < -0.39 is 23.3 Å². The smallest absolute Gasteiger partial charge is 0.282 e. The number of nitrogens with zero attached hydrogens (tertiary/aromatic N) is 4. The van der Waals surface area contributed by atoms with Gasteiger partial charge in [-0.1, -0.05) is 47.3 Å². The van der Waals surface area contributed by atoms with Gasteiger partial charge in [-0.15, -0.1) is 0 Å². The number of fused-ring (bicyclic) bond motifs is 1. The zero-order valence-electron chi connectivity index (χ0n) is 21.8. The third kappa shape index (κ3) is 6.49. The van der Waals surface area contributed by atoms with E-state index in [0.29, 0.717) is 21.2 Å². The van der Waals surface area contributed by atoms with Crippen LogP contribution >= 0.6 is 15.9 Å². The summed E-state index contributed by atoms with van der Waals surface area (Å²) in [5, 5.41) is 18.7. The number of hydrogen-bond acceptors (Lipinski definition) is 7. The van der Waals surface area contributed by atoms with Crippen molar-refractivity contribution in [3.8, 4) is 5.75 Å². The van der Waals surface area contributed by atoms with E-state index in [1.165, 1.54) is 47.3 Å². The van der Waals surface area contributed by atoms with E-state index in [2.05, 4.69) is 26.3 Å². The van der Waals surface area contributed by atoms with Gasteiger partial charge in [-0.05, 0) is 49.2 Å². The van der Waals surface area contributed by atoms with E-state index in [1.807, 2.05) is 6.07 Å². The number of nitro groups is 1. The molecule has 1 saturated carbocycles. The second kappa shape index (κ2) is 12.4. The monoisotopic (exact) mass is 621 g/mol. The summed E-state index contributed by atoms with van der Waals surface area (Å²) >= 11 is 3.40. The van der Waals surface area contributed by atoms with E-state index in [9.17, 15) is 24.1 Å². The molecule has 0 radical (unpaired) electrons. The Bertz CT molecular complexity index is 1720. The molecule has 41 heavy (non-hydrogen) atoms. The lowest BCUT2D eigenvalue weighted by molar-refractivity contribution is -0.384. The van der Waals surface area contributed by atoms with Gasteiger partial charge < -0.3 is 10.1 Å². The van der Waals surface area contributed by atoms with Crippen LogP contribution in [0.2, 0.25) is 0 Å². The number of anilines is 1. The lowest BCUT2D eigenvalue weighted by Crippen LogP contribution is -2.25. The number of ether oxygens (including phenoxy) is 1. The first-order valence-electron chi connectivity index (χ1n) is 13.0. The number of carbonyl (C=O) groups is 1. The Labute approximate surface area is 242 Å². The van der Waals surface area contributed by atoms with Crippen LogP contribution in [0, 0.1) is 15.9 Å². The standard InChI is InChI=1S/C29H25BrFN5O5/c30-20-10-12-24-22(15-20)29(38)35(28(34-24)18-6-2-1-3-7-18)32-16-19-14-21(36(39)40)11-13-26(19)41-17-27(37)33-25-9-5-4-8-23(25)31/h4-5,8-16,18H,1-3,6-7,17H2,(H,33,37). The molecule has 0 spiro atoms. The normalized spacial score (nSPS) is 13.9. The molecule has 0 unspecified atom stereocenters. The van der Waals surface area contributed by atoms with Gasteiger partial charge in [0.1, 0.15) is 17.4 Å². The fraction of sp³-hybridized carbons (Fsp3) is 0.241. The van der Waals surface area contributed by atoms with Gasteiger partial charge in [0.15, 0.2) is 6.61 Å². The van der Waals surface area contributed by atoms with Crippen molar-refractivity contribution in [2.75, 3.05) is 11.9 Å². The Kier molecular flexibility index (Phi) is 8.48. The number of halogens is 2. The van der Waals surface area contributed by atoms with Crippen molar-refractivity contribution in [1.82, 2.24) is 9.66 Å². The highest BCUT2D eigenvalue weighted by Gasteiger charge is 2.23. The molecule has 12 heteroatoms. The first kappa shape index (κ1) is 28.1. The van der Waals surface area contributed by atoms with Gasteiger partial charge in [0, 0.05) is 28.1 Å². The molecule has 1 aromatic heterocycles. The average molecular weight is 622 g/mol. The third-order valence-corrected chi connectivity index (χ3v) is 7.32. The molecule has 3 aromatic carbocycles. The Balaban J connectivity index is 1.49. The van der Waals surface area contributed by atoms with Crippen LogP contribution in [0.4, 0.5) is 15.8 Å². The van der Waals surface area contributed by atoms with Gasteiger partial charge in [-0.25, -0.2) is 9.37 Å². The zero-order valence-corrected chi connectivity index (χ0v) is 23.3. The molecule has 0 atom stereocenters. The lowest BCUT2D eigenvalue weighted by Gasteiger charge is -2.22. The van der Waals surface area contributed by atoms with Gasteiger partial charge in [0.05, 0.1) is 27.7 Å². The summed E-state index contributed by atoms with van der Waals surface area (Å²) in [6.45, 7) is -0.494. The Morgan fingerprint density at radius 1 is 1.17 bits per heavy atom. The highest BCUT2D eigenvalue weighted by atomic mass is 79.9. The molecule has 0 aliphatic heterocycles. The predicted octanol–water partition coefficient (Wildman–Crippen LogP) is 6.15. The van der Waals surface area contributed by atoms with E-state index in [-0.39, 0.29) is 34.2 Å². The number of nitro benzene ring substituents is 1. The Morgan fingerprint density at radius 2 is 1.95 bits per heavy atom. The van der Waals surface area contributed by atoms with E-state index in [4.69, 9.17) is 9.72 Å². The summed E-state index contributed by atoms with van der Waals surface area (Å²) in [5.41, 5.74) is 0.135. The number of aromatic nitrogens is 2. The number of amides is 1. The minimum atomic E-state index is -0.628. The average Bonchev–Trinajstić information content (AvgIpc) is 2.97. The fourth-order valence-corrected chi connectivity index (χ4v) is 5.16. The van der Waals surface area contributed by atoms with Crippen LogP contribution in [0.25, 0.3) is 10.9 Å². The summed E-state index contributed by atoms with van der Waals surface area (Å²) in [4.78, 5) is 41.7. The second-order valence-corrected chi connectivity index (χ2v) is 10.5. The molecule has 0 bridgehead atoms. The van der Waals surface area contributed by atoms with Crippen LogP contribution in [-0.4, -0.2) is 33.3 Å². The molecule has 0 saturated heterocycles. The van der Waals surface area contributed by atoms with Crippen molar-refractivity contribution in [3.05, 3.63) is 103 Å². The Hall–Kier alpha value is -4.45. The molecular formula is C29H25BrFN5O5. The van der Waals surface area contributed by atoms with Gasteiger partial charge in [0.25, 0.3) is 17.2 Å². The molecule has 1 aliphatic carbocycles. The summed E-state index contributed by atoms with van der Waals surface area (Å²) < 4.78 is 21.5. The number of hydrogen-bond donors (Lipinski definition) is 1. The van der Waals surface area contributed by atoms with Gasteiger partial charge in [0.2, 0.25) is 0 Å². The van der Waals surface area contributed by atoms with E-state index in [0.717, 1.165) is 32.1 Å². The van der Waals surface area contributed by atoms with E-state index >= 15 is 0 Å². The van der Waals surface area contributed by atoms with Crippen LogP contribution < -0.4 is 15.6 Å². The number of benzene rings is 3. The molecule has 10 nitrogen and oxygen atoms in total. The van der Waals surface area contributed by atoms with Crippen LogP contribution in [0.1, 0.15) is 49.4 Å². The maximum absolute atomic E-state index is 13.9. The van der Waals surface area contributed by atoms with Crippen molar-refractivity contribution in [2.45, 2.75) is 38.0 Å². The molecule has 210 valence electrons. The van der Waals surface area contributed by atoms with Gasteiger partial charge in [-0.3, -0.25) is 19.7 Å². The Morgan fingerprint density at radius 3 is 2.71 bits per heavy atom. The molecule has 1 heterocycles. The number of rotatable bonds is 8. The number of nitrogens with one attached hydrogen (secondary N) is 1. The van der Waals surface area contributed by atoms with E-state index in [1.54, 1.807) is 18.2 Å². The molecule has 4 aromatic rings. The topological polar surface area (TPSA) is 129 Å². The maximum Gasteiger partial charge on any atom is 0.282 e. The first-order valence-corrected chi connectivity index (χ1v) is 13.8. The number of para-hydroxylation sites is 1. The lowest BCUT2D eigenvalue weighted by atomic mass is 9.88. The zero-order chi connectivity index (χ0) is 28.9. The fourth-order valence-electron chi connectivity index (χ4n) is 4.80. The highest BCUT2D eigenvalue weighted by molar-refractivity contribution is 9.10. The first-order chi connectivity index (χ1) is 19.8. The number of carbonyl (C=O) groups excluding carboxylic acids is 1. The summed E-state index contributed by atoms with van der Waals surface area (Å²) in [5.74, 6) is -0.551. The summed E-state index contributed by atoms with van der Waals surface area (Å²) in [6, 6.07) is 14.8. The van der Waals surface area contributed by atoms with Crippen molar-refractivity contribution in [2.24, 2.45) is 5.10 Å². The van der Waals surface area contributed by atoms with Crippen LogP contribution in [-0.2, 0) is 4.79 Å². The summed E-state index contributed by atoms with van der Waals surface area (Å²) in [6.07, 6.45) is 6.17.